The molecule has 0 aliphatic carbocycles. The van der Waals surface area contributed by atoms with Gasteiger partial charge in [0.05, 0.1) is 4.90 Å². The van der Waals surface area contributed by atoms with Crippen molar-refractivity contribution in [1.29, 1.82) is 0 Å². The lowest BCUT2D eigenvalue weighted by Crippen LogP contribution is -2.38. The van der Waals surface area contributed by atoms with Crippen molar-refractivity contribution in [3.63, 3.8) is 0 Å². The Bertz CT molecular complexity index is 1040. The Hall–Kier alpha value is -2.65. The number of nitrogens with zero attached hydrogens (tertiary/aromatic N) is 4. The van der Waals surface area contributed by atoms with E-state index < -0.39 is 21.9 Å². The molecule has 1 fully saturated rings. The summed E-state index contributed by atoms with van der Waals surface area (Å²) in [7, 11) is -3.89. The number of hydrogen-bond donors (Lipinski definition) is 0. The molecule has 0 spiro atoms. The largest absolute Gasteiger partial charge is 0.417 e. The molecular formula is C18H17FN4O3S. The second-order valence-electron chi connectivity index (χ2n) is 6.25. The Morgan fingerprint density at radius 3 is 2.78 bits per heavy atom. The molecule has 2 aromatic heterocycles. The zero-order chi connectivity index (χ0) is 18.9. The second-order valence-corrected chi connectivity index (χ2v) is 8.14. The van der Waals surface area contributed by atoms with Gasteiger partial charge in [-0.05, 0) is 43.2 Å². The normalized spacial score (nSPS) is 18.5. The molecular weight excluding hydrogens is 371 g/mol. The van der Waals surface area contributed by atoms with Crippen LogP contribution in [-0.2, 0) is 10.0 Å². The number of hydrogen-bond acceptors (Lipinski definition) is 6. The highest BCUT2D eigenvalue weighted by Gasteiger charge is 2.37. The van der Waals surface area contributed by atoms with Crippen LogP contribution in [0.2, 0.25) is 0 Å². The minimum atomic E-state index is -3.89. The smallest absolute Gasteiger partial charge is 0.266 e. The lowest BCUT2D eigenvalue weighted by Gasteiger charge is -2.32. The Morgan fingerprint density at radius 1 is 1.11 bits per heavy atom. The highest BCUT2D eigenvalue weighted by Crippen LogP contribution is 2.35. The molecule has 3 aromatic rings. The van der Waals surface area contributed by atoms with Gasteiger partial charge in [-0.2, -0.15) is 4.31 Å². The summed E-state index contributed by atoms with van der Waals surface area (Å²) in [4.78, 5) is 4.08. The Morgan fingerprint density at radius 2 is 2.00 bits per heavy atom. The number of halogens is 1. The second kappa shape index (κ2) is 7.16. The third-order valence-corrected chi connectivity index (χ3v) is 6.37. The minimum Gasteiger partial charge on any atom is -0.417 e. The molecule has 3 heterocycles. The van der Waals surface area contributed by atoms with Crippen LogP contribution in [0.1, 0.15) is 31.2 Å². The molecule has 1 aromatic carbocycles. The van der Waals surface area contributed by atoms with Gasteiger partial charge < -0.3 is 4.42 Å². The number of aromatic nitrogens is 3. The highest BCUT2D eigenvalue weighted by molar-refractivity contribution is 7.89. The molecule has 0 radical (unpaired) electrons. The van der Waals surface area contributed by atoms with E-state index in [-0.39, 0.29) is 16.7 Å². The van der Waals surface area contributed by atoms with Crippen molar-refractivity contribution in [3.8, 4) is 11.6 Å². The van der Waals surface area contributed by atoms with Crippen LogP contribution >= 0.6 is 0 Å². The molecule has 27 heavy (non-hydrogen) atoms. The monoisotopic (exact) mass is 388 g/mol. The quantitative estimate of drug-likeness (QED) is 0.682. The topological polar surface area (TPSA) is 89.2 Å². The maximum absolute atomic E-state index is 13.5. The molecule has 1 atom stereocenters. The highest BCUT2D eigenvalue weighted by atomic mass is 32.2. The molecule has 140 valence electrons. The minimum absolute atomic E-state index is 0.0844. The summed E-state index contributed by atoms with van der Waals surface area (Å²) in [6, 6.07) is 9.72. The predicted molar refractivity (Wildman–Crippen MR) is 94.4 cm³/mol. The van der Waals surface area contributed by atoms with Gasteiger partial charge in [-0.15, -0.1) is 10.2 Å². The molecule has 4 rings (SSSR count). The van der Waals surface area contributed by atoms with Crippen LogP contribution < -0.4 is 0 Å². The summed E-state index contributed by atoms with van der Waals surface area (Å²) in [6.07, 6.45) is 3.71. The van der Waals surface area contributed by atoms with Gasteiger partial charge in [-0.25, -0.2) is 12.8 Å². The predicted octanol–water partition coefficient (Wildman–Crippen LogP) is 3.19. The van der Waals surface area contributed by atoms with Crippen LogP contribution in [0.4, 0.5) is 4.39 Å². The van der Waals surface area contributed by atoms with Crippen LogP contribution in [0.5, 0.6) is 0 Å². The van der Waals surface area contributed by atoms with Crippen molar-refractivity contribution >= 4 is 10.0 Å². The van der Waals surface area contributed by atoms with Crippen molar-refractivity contribution in [3.05, 3.63) is 60.4 Å². The van der Waals surface area contributed by atoms with Gasteiger partial charge in [0.25, 0.3) is 5.89 Å². The van der Waals surface area contributed by atoms with Crippen molar-refractivity contribution < 1.29 is 17.2 Å². The standard InChI is InChI=1S/C18H17FN4O3S/c19-13-6-5-7-14(12-13)27(24,25)23-11-4-2-9-16(23)18-22-21-17(26-18)15-8-1-3-10-20-15/h1,3,5-8,10,12,16H,2,4,9,11H2. The van der Waals surface area contributed by atoms with Crippen LogP contribution in [0.3, 0.4) is 0 Å². The number of piperidine rings is 1. The SMILES string of the molecule is O=S(=O)(c1cccc(F)c1)N1CCCCC1c1nnc(-c2ccccn2)o1. The van der Waals surface area contributed by atoms with Crippen molar-refractivity contribution in [1.82, 2.24) is 19.5 Å². The van der Waals surface area contributed by atoms with Gasteiger partial charge in [0.2, 0.25) is 15.9 Å². The lowest BCUT2D eigenvalue weighted by atomic mass is 10.1. The summed E-state index contributed by atoms with van der Waals surface area (Å²) in [6.45, 7) is 0.310. The summed E-state index contributed by atoms with van der Waals surface area (Å²) in [5.41, 5.74) is 0.520. The Balaban J connectivity index is 1.68. The molecule has 9 heteroatoms. The molecule has 1 aliphatic rings. The third-order valence-electron chi connectivity index (χ3n) is 4.47. The summed E-state index contributed by atoms with van der Waals surface area (Å²) >= 11 is 0. The fourth-order valence-electron chi connectivity index (χ4n) is 3.16. The van der Waals surface area contributed by atoms with Crippen LogP contribution in [0.15, 0.2) is 58.0 Å². The first-order valence-electron chi connectivity index (χ1n) is 8.58. The number of rotatable bonds is 4. The average molecular weight is 388 g/mol. The summed E-state index contributed by atoms with van der Waals surface area (Å²) in [5, 5.41) is 8.06. The van der Waals surface area contributed by atoms with Crippen molar-refractivity contribution in [2.45, 2.75) is 30.2 Å². The lowest BCUT2D eigenvalue weighted by molar-refractivity contribution is 0.220. The van der Waals surface area contributed by atoms with E-state index in [9.17, 15) is 12.8 Å². The number of benzene rings is 1. The molecule has 0 amide bonds. The van der Waals surface area contributed by atoms with Crippen LogP contribution in [-0.4, -0.2) is 34.4 Å². The number of pyridine rings is 1. The first kappa shape index (κ1) is 17.7. The van der Waals surface area contributed by atoms with Crippen molar-refractivity contribution in [2.24, 2.45) is 0 Å². The number of sulfonamides is 1. The van der Waals surface area contributed by atoms with E-state index in [4.69, 9.17) is 4.42 Å². The molecule has 7 nitrogen and oxygen atoms in total. The zero-order valence-corrected chi connectivity index (χ0v) is 15.1. The van der Waals surface area contributed by atoms with Gasteiger partial charge in [0.15, 0.2) is 0 Å². The zero-order valence-electron chi connectivity index (χ0n) is 14.3. The third kappa shape index (κ3) is 3.47. The van der Waals surface area contributed by atoms with Gasteiger partial charge in [0.1, 0.15) is 17.6 Å². The fraction of sp³-hybridized carbons (Fsp3) is 0.278. The van der Waals surface area contributed by atoms with E-state index in [1.165, 1.54) is 22.5 Å². The van der Waals surface area contributed by atoms with E-state index in [0.29, 0.717) is 25.1 Å². The van der Waals surface area contributed by atoms with Gasteiger partial charge in [-0.1, -0.05) is 18.6 Å². The maximum Gasteiger partial charge on any atom is 0.266 e. The first-order chi connectivity index (χ1) is 13.1. The molecule has 0 saturated carbocycles. The van der Waals surface area contributed by atoms with E-state index in [1.54, 1.807) is 24.4 Å². The summed E-state index contributed by atoms with van der Waals surface area (Å²) < 4.78 is 46.7. The Labute approximate surface area is 155 Å². The maximum atomic E-state index is 13.5. The summed E-state index contributed by atoms with van der Waals surface area (Å²) in [5.74, 6) is -0.144. The first-order valence-corrected chi connectivity index (χ1v) is 10.0. The molecule has 1 aliphatic heterocycles. The van der Waals surface area contributed by atoms with E-state index >= 15 is 0 Å². The van der Waals surface area contributed by atoms with E-state index in [1.807, 2.05) is 0 Å². The van der Waals surface area contributed by atoms with E-state index in [2.05, 4.69) is 15.2 Å². The van der Waals surface area contributed by atoms with Gasteiger partial charge >= 0.3 is 0 Å². The molecule has 1 saturated heterocycles. The van der Waals surface area contributed by atoms with E-state index in [0.717, 1.165) is 12.5 Å². The van der Waals surface area contributed by atoms with Crippen LogP contribution in [0.25, 0.3) is 11.6 Å². The van der Waals surface area contributed by atoms with Crippen LogP contribution in [0, 0.1) is 5.82 Å². The van der Waals surface area contributed by atoms with Gasteiger partial charge in [-0.3, -0.25) is 4.98 Å². The van der Waals surface area contributed by atoms with Crippen molar-refractivity contribution in [2.75, 3.05) is 6.54 Å². The molecule has 0 N–H and O–H groups in total. The van der Waals surface area contributed by atoms with Gasteiger partial charge in [0, 0.05) is 12.7 Å². The molecule has 0 bridgehead atoms. The fourth-order valence-corrected chi connectivity index (χ4v) is 4.85. The average Bonchev–Trinajstić information content (AvgIpc) is 3.19. The molecule has 1 unspecified atom stereocenters. The Kier molecular flexibility index (Phi) is 4.71.